The molecule has 0 amide bonds. The molecule has 1 aliphatic carbocycles. The molecule has 0 fully saturated rings. The summed E-state index contributed by atoms with van der Waals surface area (Å²) < 4.78 is 0. The number of ketones is 1. The highest BCUT2D eigenvalue weighted by atomic mass is 16.1. The Morgan fingerprint density at radius 2 is 1.69 bits per heavy atom. The van der Waals surface area contributed by atoms with Crippen molar-refractivity contribution in [1.82, 2.24) is 0 Å². The third-order valence-electron chi connectivity index (χ3n) is 3.77. The molecule has 0 aliphatic heterocycles. The van der Waals surface area contributed by atoms with Crippen molar-refractivity contribution in [2.24, 2.45) is 11.3 Å². The summed E-state index contributed by atoms with van der Waals surface area (Å²) in [4.78, 5) is 12.4. The summed E-state index contributed by atoms with van der Waals surface area (Å²) in [5, 5.41) is 0. The first kappa shape index (κ1) is 11.4. The number of hydrogen-bond donors (Lipinski definition) is 0. The summed E-state index contributed by atoms with van der Waals surface area (Å²) in [5.74, 6) is 0.506. The van der Waals surface area contributed by atoms with E-state index in [1.54, 1.807) is 0 Å². The van der Waals surface area contributed by atoms with Gasteiger partial charge in [0.05, 0.1) is 0 Å². The van der Waals surface area contributed by atoms with E-state index in [0.29, 0.717) is 5.78 Å². The van der Waals surface area contributed by atoms with E-state index >= 15 is 0 Å². The summed E-state index contributed by atoms with van der Waals surface area (Å²) in [6.45, 7) is 10.6. The molecule has 0 heterocycles. The molecule has 86 valence electrons. The highest BCUT2D eigenvalue weighted by molar-refractivity contribution is 6.04. The van der Waals surface area contributed by atoms with E-state index in [4.69, 9.17) is 0 Å². The summed E-state index contributed by atoms with van der Waals surface area (Å²) >= 11 is 0. The zero-order chi connectivity index (χ0) is 12.1. The van der Waals surface area contributed by atoms with E-state index in [1.807, 2.05) is 6.92 Å². The van der Waals surface area contributed by atoms with Crippen molar-refractivity contribution >= 4 is 5.78 Å². The number of rotatable bonds is 0. The van der Waals surface area contributed by atoms with Crippen LogP contribution in [0.5, 0.6) is 0 Å². The van der Waals surface area contributed by atoms with Gasteiger partial charge in [0.2, 0.25) is 0 Å². The topological polar surface area (TPSA) is 17.1 Å². The minimum absolute atomic E-state index is 0.0645. The molecule has 1 aliphatic rings. The second-order valence-electron chi connectivity index (χ2n) is 6.04. The van der Waals surface area contributed by atoms with Gasteiger partial charge in [0.15, 0.2) is 5.78 Å². The molecular weight excluding hydrogens is 196 g/mol. The first-order chi connectivity index (χ1) is 7.32. The van der Waals surface area contributed by atoms with Gasteiger partial charge in [-0.1, -0.05) is 32.9 Å². The normalized spacial score (nSPS) is 20.1. The number of carbonyl (C=O) groups is 1. The zero-order valence-corrected chi connectivity index (χ0v) is 10.8. The summed E-state index contributed by atoms with van der Waals surface area (Å²) in [6.07, 6.45) is 0.922. The lowest BCUT2D eigenvalue weighted by Gasteiger charge is -2.25. The van der Waals surface area contributed by atoms with E-state index in [1.165, 1.54) is 11.1 Å². The van der Waals surface area contributed by atoms with Crippen molar-refractivity contribution in [2.75, 3.05) is 0 Å². The minimum Gasteiger partial charge on any atom is -0.294 e. The van der Waals surface area contributed by atoms with Crippen LogP contribution >= 0.6 is 0 Å². The summed E-state index contributed by atoms with van der Waals surface area (Å²) in [6, 6.07) is 4.20. The molecule has 2 rings (SSSR count). The van der Waals surface area contributed by atoms with Crippen molar-refractivity contribution in [3.05, 3.63) is 34.4 Å². The molecule has 0 aromatic heterocycles. The fourth-order valence-electron chi connectivity index (χ4n) is 2.65. The monoisotopic (exact) mass is 216 g/mol. The van der Waals surface area contributed by atoms with E-state index in [2.05, 4.69) is 39.8 Å². The first-order valence-corrected chi connectivity index (χ1v) is 5.95. The lowest BCUT2D eigenvalue weighted by atomic mass is 9.78. The Morgan fingerprint density at radius 3 is 2.19 bits per heavy atom. The van der Waals surface area contributed by atoms with Crippen LogP contribution in [0, 0.1) is 25.2 Å². The predicted molar refractivity (Wildman–Crippen MR) is 66.9 cm³/mol. The highest BCUT2D eigenvalue weighted by Crippen LogP contribution is 2.40. The van der Waals surface area contributed by atoms with Crippen molar-refractivity contribution in [1.29, 1.82) is 0 Å². The maximum atomic E-state index is 12.4. The lowest BCUT2D eigenvalue weighted by molar-refractivity contribution is 0.0843. The van der Waals surface area contributed by atoms with Gasteiger partial charge >= 0.3 is 0 Å². The Labute approximate surface area is 97.9 Å². The Morgan fingerprint density at radius 1 is 1.12 bits per heavy atom. The molecule has 1 aromatic carbocycles. The minimum atomic E-state index is 0.0645. The van der Waals surface area contributed by atoms with Crippen LogP contribution in [-0.2, 0) is 6.42 Å². The van der Waals surface area contributed by atoms with Gasteiger partial charge in [0, 0.05) is 11.5 Å². The van der Waals surface area contributed by atoms with Crippen molar-refractivity contribution in [3.8, 4) is 0 Å². The number of carbonyl (C=O) groups excluding carboxylic acids is 1. The fraction of sp³-hybridized carbons (Fsp3) is 0.533. The van der Waals surface area contributed by atoms with Gasteiger partial charge in [0.1, 0.15) is 0 Å². The summed E-state index contributed by atoms with van der Waals surface area (Å²) in [7, 11) is 0. The number of Topliss-reactive ketones (excluding diaryl/α,β-unsaturated/α-hetero) is 1. The second-order valence-corrected chi connectivity index (χ2v) is 6.04. The molecule has 0 N–H and O–H groups in total. The smallest absolute Gasteiger partial charge is 0.167 e. The maximum Gasteiger partial charge on any atom is 0.167 e. The van der Waals surface area contributed by atoms with Gasteiger partial charge in [0.25, 0.3) is 0 Å². The Hall–Kier alpha value is -1.11. The van der Waals surface area contributed by atoms with Crippen LogP contribution in [0.3, 0.4) is 0 Å². The van der Waals surface area contributed by atoms with Crippen LogP contribution in [0.2, 0.25) is 0 Å². The molecule has 0 spiro atoms. The van der Waals surface area contributed by atoms with E-state index in [-0.39, 0.29) is 11.3 Å². The quantitative estimate of drug-likeness (QED) is 0.646. The van der Waals surface area contributed by atoms with Crippen LogP contribution in [-0.4, -0.2) is 5.78 Å². The average Bonchev–Trinajstić information content (AvgIpc) is 2.51. The van der Waals surface area contributed by atoms with E-state index in [9.17, 15) is 4.79 Å². The summed E-state index contributed by atoms with van der Waals surface area (Å²) in [5.41, 5.74) is 4.75. The molecule has 16 heavy (non-hydrogen) atoms. The largest absolute Gasteiger partial charge is 0.294 e. The molecule has 0 radical (unpaired) electrons. The molecule has 1 aromatic rings. The molecule has 1 heteroatoms. The molecular formula is C15H20O. The van der Waals surface area contributed by atoms with Gasteiger partial charge in [-0.2, -0.15) is 0 Å². The Bertz CT molecular complexity index is 449. The van der Waals surface area contributed by atoms with Gasteiger partial charge < -0.3 is 0 Å². The third-order valence-corrected chi connectivity index (χ3v) is 3.77. The molecule has 1 nitrogen and oxygen atoms in total. The predicted octanol–water partition coefficient (Wildman–Crippen LogP) is 3.70. The van der Waals surface area contributed by atoms with E-state index in [0.717, 1.165) is 17.5 Å². The second kappa shape index (κ2) is 3.44. The Balaban J connectivity index is 2.54. The molecule has 1 atom stereocenters. The third kappa shape index (κ3) is 1.59. The van der Waals surface area contributed by atoms with E-state index < -0.39 is 0 Å². The molecule has 0 bridgehead atoms. The number of aryl methyl sites for hydroxylation is 2. The molecule has 0 saturated heterocycles. The number of fused-ring (bicyclic) bond motifs is 1. The molecule has 0 saturated carbocycles. The van der Waals surface area contributed by atoms with Gasteiger partial charge in [-0.3, -0.25) is 4.79 Å². The zero-order valence-electron chi connectivity index (χ0n) is 10.8. The number of hydrogen-bond acceptors (Lipinski definition) is 1. The van der Waals surface area contributed by atoms with Crippen LogP contribution in [0.1, 0.15) is 47.8 Å². The van der Waals surface area contributed by atoms with Crippen LogP contribution in [0.15, 0.2) is 12.1 Å². The van der Waals surface area contributed by atoms with Gasteiger partial charge in [-0.05, 0) is 42.4 Å². The maximum absolute atomic E-state index is 12.4. The highest BCUT2D eigenvalue weighted by Gasteiger charge is 2.39. The van der Waals surface area contributed by atoms with Crippen LogP contribution < -0.4 is 0 Å². The fourth-order valence-corrected chi connectivity index (χ4v) is 2.65. The van der Waals surface area contributed by atoms with Crippen LogP contribution in [0.25, 0.3) is 0 Å². The van der Waals surface area contributed by atoms with Gasteiger partial charge in [-0.15, -0.1) is 0 Å². The van der Waals surface area contributed by atoms with Crippen molar-refractivity contribution in [2.45, 2.75) is 41.0 Å². The number of benzene rings is 1. The van der Waals surface area contributed by atoms with Crippen molar-refractivity contribution < 1.29 is 4.79 Å². The lowest BCUT2D eigenvalue weighted by Crippen LogP contribution is -2.25. The first-order valence-electron chi connectivity index (χ1n) is 5.95. The van der Waals surface area contributed by atoms with Crippen molar-refractivity contribution in [3.63, 3.8) is 0 Å². The van der Waals surface area contributed by atoms with Gasteiger partial charge in [-0.25, -0.2) is 0 Å². The standard InChI is InChI=1S/C15H20O/c1-9-6-7-10(2)13-11(9)8-12(14(13)16)15(3,4)5/h6-7,12H,8H2,1-5H3. The SMILES string of the molecule is Cc1ccc(C)c2c1CC(C(C)(C)C)C2=O. The van der Waals surface area contributed by atoms with Crippen LogP contribution in [0.4, 0.5) is 0 Å². The molecule has 1 unspecified atom stereocenters. The Kier molecular flexibility index (Phi) is 2.45. The average molecular weight is 216 g/mol.